The first-order valence-corrected chi connectivity index (χ1v) is 4.26. The van der Waals surface area contributed by atoms with Crippen LogP contribution in [0.4, 0.5) is 0 Å². The Kier molecular flexibility index (Phi) is 2.50. The molecule has 0 saturated heterocycles. The number of nitrogens with zero attached hydrogens (tertiary/aromatic N) is 2. The van der Waals surface area contributed by atoms with Crippen LogP contribution in [0.2, 0.25) is 0 Å². The number of aromatic nitrogens is 2. The second-order valence-corrected chi connectivity index (χ2v) is 4.30. The van der Waals surface area contributed by atoms with Crippen molar-refractivity contribution in [3.05, 3.63) is 11.7 Å². The molecule has 0 aliphatic rings. The second kappa shape index (κ2) is 3.25. The Morgan fingerprint density at radius 3 is 2.42 bits per heavy atom. The molecule has 0 saturated carbocycles. The summed E-state index contributed by atoms with van der Waals surface area (Å²) in [6.07, 6.45) is 1.96. The van der Waals surface area contributed by atoms with Gasteiger partial charge in [-0.3, -0.25) is 0 Å². The van der Waals surface area contributed by atoms with Gasteiger partial charge in [0.25, 0.3) is 0 Å². The molecule has 0 bridgehead atoms. The normalized spacial score (nSPS) is 12.0. The SMILES string of the molecule is Cc1noc(CCC(C)(C)C)n1. The average molecular weight is 168 g/mol. The van der Waals surface area contributed by atoms with Gasteiger partial charge in [-0.15, -0.1) is 0 Å². The van der Waals surface area contributed by atoms with Gasteiger partial charge in [0.1, 0.15) is 0 Å². The smallest absolute Gasteiger partial charge is 0.226 e. The van der Waals surface area contributed by atoms with E-state index in [1.807, 2.05) is 6.92 Å². The molecule has 1 rings (SSSR count). The standard InChI is InChI=1S/C9H16N2O/c1-7-10-8(12-11-7)5-6-9(2,3)4/h5-6H2,1-4H3. The maximum absolute atomic E-state index is 5.00. The summed E-state index contributed by atoms with van der Waals surface area (Å²) in [5.74, 6) is 1.47. The third-order valence-corrected chi connectivity index (χ3v) is 1.66. The minimum atomic E-state index is 0.336. The van der Waals surface area contributed by atoms with Crippen molar-refractivity contribution in [2.75, 3.05) is 0 Å². The van der Waals surface area contributed by atoms with E-state index in [0.29, 0.717) is 5.41 Å². The Hall–Kier alpha value is -0.860. The van der Waals surface area contributed by atoms with Gasteiger partial charge in [-0.1, -0.05) is 25.9 Å². The number of hydrogen-bond acceptors (Lipinski definition) is 3. The van der Waals surface area contributed by atoms with Gasteiger partial charge in [0.2, 0.25) is 5.89 Å². The fourth-order valence-corrected chi connectivity index (χ4v) is 0.924. The van der Waals surface area contributed by atoms with E-state index in [1.165, 1.54) is 0 Å². The third kappa shape index (κ3) is 3.03. The van der Waals surface area contributed by atoms with E-state index in [2.05, 4.69) is 30.9 Å². The highest BCUT2D eigenvalue weighted by Crippen LogP contribution is 2.20. The van der Waals surface area contributed by atoms with E-state index in [9.17, 15) is 0 Å². The van der Waals surface area contributed by atoms with Gasteiger partial charge in [0, 0.05) is 6.42 Å². The molecule has 3 heteroatoms. The summed E-state index contributed by atoms with van der Waals surface area (Å²) in [6.45, 7) is 8.45. The number of rotatable bonds is 2. The Labute approximate surface area is 73.2 Å². The van der Waals surface area contributed by atoms with E-state index >= 15 is 0 Å². The van der Waals surface area contributed by atoms with Crippen molar-refractivity contribution >= 4 is 0 Å². The molecule has 0 radical (unpaired) electrons. The molecule has 1 aromatic heterocycles. The van der Waals surface area contributed by atoms with Gasteiger partial charge in [-0.25, -0.2) is 0 Å². The van der Waals surface area contributed by atoms with Crippen molar-refractivity contribution in [1.82, 2.24) is 10.1 Å². The van der Waals surface area contributed by atoms with Gasteiger partial charge in [0.15, 0.2) is 5.82 Å². The molecule has 0 atom stereocenters. The van der Waals surface area contributed by atoms with E-state index in [-0.39, 0.29) is 0 Å². The van der Waals surface area contributed by atoms with Crippen LogP contribution in [-0.4, -0.2) is 10.1 Å². The van der Waals surface area contributed by atoms with E-state index in [0.717, 1.165) is 24.6 Å². The highest BCUT2D eigenvalue weighted by Gasteiger charge is 2.12. The maximum Gasteiger partial charge on any atom is 0.226 e. The minimum absolute atomic E-state index is 0.336. The van der Waals surface area contributed by atoms with Crippen LogP contribution in [-0.2, 0) is 6.42 Å². The van der Waals surface area contributed by atoms with E-state index in [4.69, 9.17) is 4.52 Å². The van der Waals surface area contributed by atoms with Crippen molar-refractivity contribution in [2.24, 2.45) is 5.41 Å². The van der Waals surface area contributed by atoms with Crippen molar-refractivity contribution in [3.63, 3.8) is 0 Å². The molecule has 0 fully saturated rings. The zero-order valence-electron chi connectivity index (χ0n) is 8.22. The minimum Gasteiger partial charge on any atom is -0.339 e. The van der Waals surface area contributed by atoms with Crippen molar-refractivity contribution in [1.29, 1.82) is 0 Å². The fourth-order valence-electron chi connectivity index (χ4n) is 0.924. The first-order chi connectivity index (χ1) is 5.47. The second-order valence-electron chi connectivity index (χ2n) is 4.30. The monoisotopic (exact) mass is 168 g/mol. The fraction of sp³-hybridized carbons (Fsp3) is 0.778. The lowest BCUT2D eigenvalue weighted by atomic mass is 9.91. The van der Waals surface area contributed by atoms with Gasteiger partial charge in [-0.05, 0) is 18.8 Å². The molecule has 0 aliphatic heterocycles. The lowest BCUT2D eigenvalue weighted by molar-refractivity contribution is 0.326. The largest absolute Gasteiger partial charge is 0.339 e. The summed E-state index contributed by atoms with van der Waals surface area (Å²) in [5, 5.41) is 3.73. The Bertz CT molecular complexity index is 247. The van der Waals surface area contributed by atoms with Crippen LogP contribution in [0.15, 0.2) is 4.52 Å². The highest BCUT2D eigenvalue weighted by molar-refractivity contribution is 4.83. The molecule has 12 heavy (non-hydrogen) atoms. The van der Waals surface area contributed by atoms with Crippen LogP contribution in [0.3, 0.4) is 0 Å². The zero-order valence-corrected chi connectivity index (χ0v) is 8.22. The summed E-state index contributed by atoms with van der Waals surface area (Å²) < 4.78 is 5.00. The van der Waals surface area contributed by atoms with Crippen molar-refractivity contribution in [2.45, 2.75) is 40.5 Å². The molecular weight excluding hydrogens is 152 g/mol. The van der Waals surface area contributed by atoms with Crippen LogP contribution >= 0.6 is 0 Å². The molecule has 0 aromatic carbocycles. The van der Waals surface area contributed by atoms with E-state index < -0.39 is 0 Å². The van der Waals surface area contributed by atoms with Crippen molar-refractivity contribution in [3.8, 4) is 0 Å². The van der Waals surface area contributed by atoms with Crippen LogP contribution in [0.25, 0.3) is 0 Å². The Balaban J connectivity index is 2.44. The number of aryl methyl sites for hydroxylation is 2. The summed E-state index contributed by atoms with van der Waals surface area (Å²) >= 11 is 0. The van der Waals surface area contributed by atoms with Gasteiger partial charge < -0.3 is 4.52 Å². The van der Waals surface area contributed by atoms with Gasteiger partial charge in [0.05, 0.1) is 0 Å². The molecule has 3 nitrogen and oxygen atoms in total. The molecule has 0 unspecified atom stereocenters. The average Bonchev–Trinajstić information content (AvgIpc) is 2.30. The predicted octanol–water partition coefficient (Wildman–Crippen LogP) is 2.36. The topological polar surface area (TPSA) is 38.9 Å². The van der Waals surface area contributed by atoms with Crippen LogP contribution in [0.5, 0.6) is 0 Å². The van der Waals surface area contributed by atoms with Gasteiger partial charge >= 0.3 is 0 Å². The quantitative estimate of drug-likeness (QED) is 0.680. The molecule has 1 aromatic rings. The summed E-state index contributed by atoms with van der Waals surface area (Å²) in [6, 6.07) is 0. The van der Waals surface area contributed by atoms with E-state index in [1.54, 1.807) is 0 Å². The first-order valence-electron chi connectivity index (χ1n) is 4.26. The molecule has 0 amide bonds. The summed E-state index contributed by atoms with van der Waals surface area (Å²) in [7, 11) is 0. The first kappa shape index (κ1) is 9.23. The molecule has 1 heterocycles. The Morgan fingerprint density at radius 2 is 2.00 bits per heavy atom. The summed E-state index contributed by atoms with van der Waals surface area (Å²) in [5.41, 5.74) is 0.336. The van der Waals surface area contributed by atoms with Crippen LogP contribution in [0.1, 0.15) is 38.9 Å². The van der Waals surface area contributed by atoms with Crippen LogP contribution in [0, 0.1) is 12.3 Å². The lowest BCUT2D eigenvalue weighted by Gasteiger charge is -2.15. The maximum atomic E-state index is 5.00. The van der Waals surface area contributed by atoms with Gasteiger partial charge in [-0.2, -0.15) is 4.98 Å². The summed E-state index contributed by atoms with van der Waals surface area (Å²) in [4.78, 5) is 4.14. The molecule has 0 aliphatic carbocycles. The zero-order chi connectivity index (χ0) is 9.19. The number of hydrogen-bond donors (Lipinski definition) is 0. The lowest BCUT2D eigenvalue weighted by Crippen LogP contribution is -2.06. The molecule has 0 N–H and O–H groups in total. The molecular formula is C9H16N2O. The van der Waals surface area contributed by atoms with Crippen LogP contribution < -0.4 is 0 Å². The highest BCUT2D eigenvalue weighted by atomic mass is 16.5. The Morgan fingerprint density at radius 1 is 1.33 bits per heavy atom. The molecule has 0 spiro atoms. The third-order valence-electron chi connectivity index (χ3n) is 1.66. The molecule has 68 valence electrons. The van der Waals surface area contributed by atoms with Crippen molar-refractivity contribution < 1.29 is 4.52 Å². The predicted molar refractivity (Wildman–Crippen MR) is 46.8 cm³/mol.